The molecule has 1 atom stereocenters. The molecule has 0 amide bonds. The number of ether oxygens (including phenoxy) is 3. The number of benzene rings is 1. The summed E-state index contributed by atoms with van der Waals surface area (Å²) < 4.78 is 19.2. The number of carbonyl (C=O) groups excluding carboxylic acids is 1. The highest BCUT2D eigenvalue weighted by atomic mass is 79.9. The van der Waals surface area contributed by atoms with Crippen molar-refractivity contribution in [2.24, 2.45) is 4.99 Å². The second-order valence-electron chi connectivity index (χ2n) is 7.28. The third-order valence-corrected chi connectivity index (χ3v) is 7.79. The molecule has 0 bridgehead atoms. The van der Waals surface area contributed by atoms with Gasteiger partial charge in [-0.3, -0.25) is 9.36 Å². The molecule has 3 aromatic rings. The van der Waals surface area contributed by atoms with Crippen LogP contribution >= 0.6 is 38.6 Å². The molecule has 0 fully saturated rings. The van der Waals surface area contributed by atoms with Crippen LogP contribution in [0.4, 0.5) is 0 Å². The van der Waals surface area contributed by atoms with Crippen LogP contribution in [0.2, 0.25) is 0 Å². The summed E-state index contributed by atoms with van der Waals surface area (Å²) in [5, 5.41) is 1.92. The summed E-state index contributed by atoms with van der Waals surface area (Å²) in [6.45, 7) is 6.15. The Kier molecular flexibility index (Phi) is 7.39. The Balaban J connectivity index is 1.92. The Hall–Kier alpha value is -2.69. The van der Waals surface area contributed by atoms with E-state index in [1.54, 1.807) is 31.6 Å². The van der Waals surface area contributed by atoms with Crippen molar-refractivity contribution in [2.45, 2.75) is 26.8 Å². The first-order valence-corrected chi connectivity index (χ1v) is 13.1. The molecule has 1 unspecified atom stereocenters. The van der Waals surface area contributed by atoms with Gasteiger partial charge in [-0.05, 0) is 56.0 Å². The average Bonchev–Trinajstić information content (AvgIpc) is 3.44. The van der Waals surface area contributed by atoms with E-state index in [9.17, 15) is 9.59 Å². The van der Waals surface area contributed by atoms with E-state index in [1.807, 2.05) is 36.6 Å². The summed E-state index contributed by atoms with van der Waals surface area (Å²) in [5.41, 5.74) is 1.47. The van der Waals surface area contributed by atoms with Crippen molar-refractivity contribution >= 4 is 50.6 Å². The minimum absolute atomic E-state index is 0.225. The number of hydrogen-bond donors (Lipinski definition) is 0. The number of halogens is 1. The lowest BCUT2D eigenvalue weighted by Crippen LogP contribution is -2.39. The second-order valence-corrected chi connectivity index (χ2v) is 10.1. The van der Waals surface area contributed by atoms with E-state index in [2.05, 4.69) is 20.9 Å². The van der Waals surface area contributed by atoms with Crippen LogP contribution < -0.4 is 24.4 Å². The van der Waals surface area contributed by atoms with Gasteiger partial charge in [-0.15, -0.1) is 11.3 Å². The van der Waals surface area contributed by atoms with Gasteiger partial charge in [0, 0.05) is 9.35 Å². The molecule has 178 valence electrons. The molecule has 0 radical (unpaired) electrons. The van der Waals surface area contributed by atoms with E-state index in [-0.39, 0.29) is 12.2 Å². The molecule has 4 rings (SSSR count). The van der Waals surface area contributed by atoms with E-state index in [0.717, 1.165) is 14.9 Å². The van der Waals surface area contributed by atoms with Crippen LogP contribution in [0.25, 0.3) is 6.08 Å². The van der Waals surface area contributed by atoms with Gasteiger partial charge in [0.25, 0.3) is 5.56 Å². The third kappa shape index (κ3) is 4.49. The molecular formula is C24H23BrN2O5S2. The van der Waals surface area contributed by atoms with Crippen molar-refractivity contribution in [3.05, 3.63) is 75.5 Å². The molecule has 1 aliphatic heterocycles. The molecule has 2 aromatic heterocycles. The fourth-order valence-electron chi connectivity index (χ4n) is 3.74. The van der Waals surface area contributed by atoms with Gasteiger partial charge in [-0.1, -0.05) is 33.3 Å². The molecule has 3 heterocycles. The first kappa shape index (κ1) is 24.4. The standard InChI is InChI=1S/C24H23BrN2O5S2/c1-5-31-17-10-14(15(25)12-16(17)30-4)11-19-22(28)27-21(18-8-7-9-33-18)20(23(29)32-6-2)13(3)26-24(27)34-19/h7-12,21H,5-6H2,1-4H3/b19-11+. The van der Waals surface area contributed by atoms with Gasteiger partial charge in [0.1, 0.15) is 6.04 Å². The Morgan fingerprint density at radius 1 is 1.26 bits per heavy atom. The van der Waals surface area contributed by atoms with Crippen LogP contribution in [-0.4, -0.2) is 30.9 Å². The summed E-state index contributed by atoms with van der Waals surface area (Å²) >= 11 is 6.33. The van der Waals surface area contributed by atoms with Gasteiger partial charge >= 0.3 is 5.97 Å². The lowest BCUT2D eigenvalue weighted by molar-refractivity contribution is -0.139. The van der Waals surface area contributed by atoms with E-state index in [0.29, 0.717) is 38.7 Å². The number of aromatic nitrogens is 1. The van der Waals surface area contributed by atoms with Gasteiger partial charge in [-0.25, -0.2) is 9.79 Å². The smallest absolute Gasteiger partial charge is 0.338 e. The zero-order valence-electron chi connectivity index (χ0n) is 19.1. The van der Waals surface area contributed by atoms with Crippen molar-refractivity contribution in [2.75, 3.05) is 20.3 Å². The van der Waals surface area contributed by atoms with Gasteiger partial charge in [0.2, 0.25) is 0 Å². The van der Waals surface area contributed by atoms with E-state index in [1.165, 1.54) is 22.7 Å². The fourth-order valence-corrected chi connectivity index (χ4v) is 6.04. The Morgan fingerprint density at radius 3 is 2.71 bits per heavy atom. The predicted molar refractivity (Wildman–Crippen MR) is 137 cm³/mol. The zero-order chi connectivity index (χ0) is 24.4. The minimum atomic E-state index is -0.587. The maximum Gasteiger partial charge on any atom is 0.338 e. The monoisotopic (exact) mass is 562 g/mol. The van der Waals surface area contributed by atoms with Crippen molar-refractivity contribution in [3.63, 3.8) is 0 Å². The third-order valence-electron chi connectivity index (χ3n) is 5.20. The number of esters is 1. The van der Waals surface area contributed by atoms with Crippen LogP contribution in [0.3, 0.4) is 0 Å². The number of nitrogens with zero attached hydrogens (tertiary/aromatic N) is 2. The van der Waals surface area contributed by atoms with Crippen molar-refractivity contribution in [1.29, 1.82) is 0 Å². The molecular weight excluding hydrogens is 540 g/mol. The van der Waals surface area contributed by atoms with Crippen LogP contribution in [-0.2, 0) is 9.53 Å². The summed E-state index contributed by atoms with van der Waals surface area (Å²) in [6.07, 6.45) is 1.80. The van der Waals surface area contributed by atoms with Crippen LogP contribution in [0.15, 0.2) is 55.2 Å². The lowest BCUT2D eigenvalue weighted by atomic mass is 10.0. The van der Waals surface area contributed by atoms with Crippen LogP contribution in [0.1, 0.15) is 37.3 Å². The number of thiazole rings is 1. The number of rotatable bonds is 7. The molecule has 0 spiro atoms. The van der Waals surface area contributed by atoms with E-state index >= 15 is 0 Å². The van der Waals surface area contributed by atoms with E-state index in [4.69, 9.17) is 14.2 Å². The van der Waals surface area contributed by atoms with E-state index < -0.39 is 12.0 Å². The SMILES string of the molecule is CCOC(=O)C1=C(C)N=c2s/c(=C/c3cc(OCC)c(OC)cc3Br)c(=O)n2C1c1cccs1. The molecule has 1 aliphatic rings. The largest absolute Gasteiger partial charge is 0.493 e. The average molecular weight is 563 g/mol. The quantitative estimate of drug-likeness (QED) is 0.406. The molecule has 0 saturated heterocycles. The molecule has 0 aliphatic carbocycles. The first-order valence-electron chi connectivity index (χ1n) is 10.6. The van der Waals surface area contributed by atoms with Crippen molar-refractivity contribution in [3.8, 4) is 11.5 Å². The zero-order valence-corrected chi connectivity index (χ0v) is 22.3. The molecule has 34 heavy (non-hydrogen) atoms. The normalized spacial score (nSPS) is 15.7. The minimum Gasteiger partial charge on any atom is -0.493 e. The second kappa shape index (κ2) is 10.3. The molecule has 1 aromatic carbocycles. The number of allylic oxidation sites excluding steroid dienone is 1. The maximum atomic E-state index is 13.6. The lowest BCUT2D eigenvalue weighted by Gasteiger charge is -2.23. The highest BCUT2D eigenvalue weighted by Gasteiger charge is 2.33. The molecule has 0 saturated carbocycles. The van der Waals surface area contributed by atoms with Crippen LogP contribution in [0, 0.1) is 0 Å². The summed E-state index contributed by atoms with van der Waals surface area (Å²) in [5.74, 6) is 0.722. The molecule has 7 nitrogen and oxygen atoms in total. The topological polar surface area (TPSA) is 79.1 Å². The number of carbonyl (C=O) groups is 1. The van der Waals surface area contributed by atoms with Gasteiger partial charge in [0.05, 0.1) is 36.1 Å². The van der Waals surface area contributed by atoms with Gasteiger partial charge in [-0.2, -0.15) is 0 Å². The Morgan fingerprint density at radius 2 is 2.06 bits per heavy atom. The van der Waals surface area contributed by atoms with Gasteiger partial charge in [0.15, 0.2) is 16.3 Å². The molecule has 0 N–H and O–H groups in total. The van der Waals surface area contributed by atoms with Crippen LogP contribution in [0.5, 0.6) is 11.5 Å². The van der Waals surface area contributed by atoms with Crippen molar-refractivity contribution in [1.82, 2.24) is 4.57 Å². The first-order chi connectivity index (χ1) is 16.4. The number of fused-ring (bicyclic) bond motifs is 1. The fraction of sp³-hybridized carbons (Fsp3) is 0.292. The highest BCUT2D eigenvalue weighted by molar-refractivity contribution is 9.10. The van der Waals surface area contributed by atoms with Crippen molar-refractivity contribution < 1.29 is 19.0 Å². The Bertz CT molecular complexity index is 1440. The molecule has 10 heteroatoms. The number of methoxy groups -OCH3 is 1. The highest BCUT2D eigenvalue weighted by Crippen LogP contribution is 2.35. The number of hydrogen-bond acceptors (Lipinski definition) is 8. The predicted octanol–water partition coefficient (Wildman–Crippen LogP) is 4.03. The summed E-state index contributed by atoms with van der Waals surface area (Å²) in [7, 11) is 1.58. The maximum absolute atomic E-state index is 13.6. The Labute approximate surface area is 212 Å². The summed E-state index contributed by atoms with van der Waals surface area (Å²) in [6, 6.07) is 6.87. The van der Waals surface area contributed by atoms with Gasteiger partial charge < -0.3 is 14.2 Å². The number of thiophene rings is 1. The summed E-state index contributed by atoms with van der Waals surface area (Å²) in [4.78, 5) is 32.5.